The summed E-state index contributed by atoms with van der Waals surface area (Å²) in [6, 6.07) is 10.1. The molecule has 0 aliphatic rings. The van der Waals surface area contributed by atoms with Gasteiger partial charge in [0, 0.05) is 27.6 Å². The Balaban J connectivity index is 2.08. The van der Waals surface area contributed by atoms with E-state index in [4.69, 9.17) is 4.52 Å². The van der Waals surface area contributed by atoms with E-state index in [1.165, 1.54) is 10.9 Å². The fourth-order valence-electron chi connectivity index (χ4n) is 1.82. The van der Waals surface area contributed by atoms with Gasteiger partial charge in [-0.2, -0.15) is 0 Å². The molecule has 0 spiro atoms. The lowest BCUT2D eigenvalue weighted by Gasteiger charge is -2.02. The van der Waals surface area contributed by atoms with Gasteiger partial charge in [0.15, 0.2) is 5.76 Å². The fourth-order valence-corrected chi connectivity index (χ4v) is 2.30. The Morgan fingerprint density at radius 1 is 1.25 bits per heavy atom. The normalized spacial score (nSPS) is 11.1. The molecule has 0 N–H and O–H groups in total. The van der Waals surface area contributed by atoms with Gasteiger partial charge in [0.2, 0.25) is 0 Å². The Kier molecular flexibility index (Phi) is 2.29. The molecular formula is C12H9BrN2O. The zero-order chi connectivity index (χ0) is 11.0. The lowest BCUT2D eigenvalue weighted by Crippen LogP contribution is -1.95. The van der Waals surface area contributed by atoms with Gasteiger partial charge in [0.1, 0.15) is 0 Å². The number of rotatable bonds is 2. The first-order valence-electron chi connectivity index (χ1n) is 4.97. The van der Waals surface area contributed by atoms with E-state index in [9.17, 15) is 0 Å². The van der Waals surface area contributed by atoms with Gasteiger partial charge in [-0.15, -0.1) is 0 Å². The zero-order valence-corrected chi connectivity index (χ0v) is 10.0. The van der Waals surface area contributed by atoms with Crippen LogP contribution in [0.2, 0.25) is 0 Å². The molecule has 3 nitrogen and oxygen atoms in total. The molecule has 0 amide bonds. The van der Waals surface area contributed by atoms with Crippen molar-refractivity contribution in [1.82, 2.24) is 9.72 Å². The minimum Gasteiger partial charge on any atom is -0.359 e. The maximum atomic E-state index is 5.10. The van der Waals surface area contributed by atoms with Gasteiger partial charge in [-0.05, 0) is 18.2 Å². The standard InChI is InChI=1S/C12H9BrN2O/c13-11-2-1-3-12-10(11)5-7-15(12)8-9-4-6-14-16-9/h1-7H,8H2. The number of hydrogen-bond acceptors (Lipinski definition) is 2. The number of aromatic nitrogens is 2. The Labute approximate surface area is 101 Å². The topological polar surface area (TPSA) is 31.0 Å². The number of halogens is 1. The maximum Gasteiger partial charge on any atom is 0.156 e. The van der Waals surface area contributed by atoms with E-state index in [2.05, 4.69) is 44.0 Å². The quantitative estimate of drug-likeness (QED) is 0.718. The Morgan fingerprint density at radius 3 is 3.00 bits per heavy atom. The largest absolute Gasteiger partial charge is 0.359 e. The van der Waals surface area contributed by atoms with Gasteiger partial charge < -0.3 is 9.09 Å². The Bertz CT molecular complexity index is 613. The van der Waals surface area contributed by atoms with Crippen LogP contribution in [0.1, 0.15) is 5.76 Å². The summed E-state index contributed by atoms with van der Waals surface area (Å²) in [7, 11) is 0. The first-order valence-corrected chi connectivity index (χ1v) is 5.77. The minimum absolute atomic E-state index is 0.708. The van der Waals surface area contributed by atoms with Crippen LogP contribution in [-0.4, -0.2) is 9.72 Å². The third kappa shape index (κ3) is 1.55. The van der Waals surface area contributed by atoms with Crippen molar-refractivity contribution >= 4 is 26.8 Å². The van der Waals surface area contributed by atoms with Crippen LogP contribution in [0.5, 0.6) is 0 Å². The average molecular weight is 277 g/mol. The van der Waals surface area contributed by atoms with Crippen LogP contribution in [0.15, 0.2) is 51.7 Å². The monoisotopic (exact) mass is 276 g/mol. The molecule has 16 heavy (non-hydrogen) atoms. The Hall–Kier alpha value is -1.55. The smallest absolute Gasteiger partial charge is 0.156 e. The van der Waals surface area contributed by atoms with E-state index in [-0.39, 0.29) is 0 Å². The molecule has 2 aromatic heterocycles. The number of nitrogens with zero attached hydrogens (tertiary/aromatic N) is 2. The zero-order valence-electron chi connectivity index (χ0n) is 8.43. The highest BCUT2D eigenvalue weighted by Crippen LogP contribution is 2.25. The van der Waals surface area contributed by atoms with Crippen LogP contribution < -0.4 is 0 Å². The van der Waals surface area contributed by atoms with Gasteiger partial charge in [-0.1, -0.05) is 27.2 Å². The predicted molar refractivity (Wildman–Crippen MR) is 65.2 cm³/mol. The van der Waals surface area contributed by atoms with Crippen molar-refractivity contribution in [1.29, 1.82) is 0 Å². The molecule has 2 heterocycles. The average Bonchev–Trinajstić information content (AvgIpc) is 2.90. The van der Waals surface area contributed by atoms with Gasteiger partial charge in [-0.3, -0.25) is 0 Å². The van der Waals surface area contributed by atoms with Crippen LogP contribution in [0, 0.1) is 0 Å². The van der Waals surface area contributed by atoms with Crippen molar-refractivity contribution in [3.05, 3.63) is 53.0 Å². The van der Waals surface area contributed by atoms with Crippen molar-refractivity contribution in [2.24, 2.45) is 0 Å². The molecule has 0 fully saturated rings. The van der Waals surface area contributed by atoms with Crippen LogP contribution >= 0.6 is 15.9 Å². The molecule has 0 saturated carbocycles. The molecule has 0 saturated heterocycles. The SMILES string of the molecule is Brc1cccc2c1ccn2Cc1ccno1. The second-order valence-corrected chi connectivity index (χ2v) is 4.45. The summed E-state index contributed by atoms with van der Waals surface area (Å²) in [4.78, 5) is 0. The van der Waals surface area contributed by atoms with Crippen molar-refractivity contribution in [2.45, 2.75) is 6.54 Å². The van der Waals surface area contributed by atoms with Crippen molar-refractivity contribution in [3.63, 3.8) is 0 Å². The molecular weight excluding hydrogens is 268 g/mol. The highest BCUT2D eigenvalue weighted by molar-refractivity contribution is 9.10. The van der Waals surface area contributed by atoms with E-state index >= 15 is 0 Å². The van der Waals surface area contributed by atoms with E-state index in [0.717, 1.165) is 10.2 Å². The highest BCUT2D eigenvalue weighted by atomic mass is 79.9. The molecule has 0 bridgehead atoms. The molecule has 1 aromatic carbocycles. The van der Waals surface area contributed by atoms with Crippen LogP contribution in [0.4, 0.5) is 0 Å². The molecule has 0 unspecified atom stereocenters. The second kappa shape index (κ2) is 3.79. The van der Waals surface area contributed by atoms with Gasteiger partial charge >= 0.3 is 0 Å². The van der Waals surface area contributed by atoms with Crippen molar-refractivity contribution in [3.8, 4) is 0 Å². The number of hydrogen-bond donors (Lipinski definition) is 0. The van der Waals surface area contributed by atoms with E-state index in [1.807, 2.05) is 18.2 Å². The third-order valence-electron chi connectivity index (χ3n) is 2.58. The third-order valence-corrected chi connectivity index (χ3v) is 3.27. The summed E-state index contributed by atoms with van der Waals surface area (Å²) in [5.41, 5.74) is 1.19. The minimum atomic E-state index is 0.708. The van der Waals surface area contributed by atoms with Gasteiger partial charge in [-0.25, -0.2) is 0 Å². The first kappa shape index (κ1) is 9.66. The van der Waals surface area contributed by atoms with Crippen molar-refractivity contribution < 1.29 is 4.52 Å². The molecule has 0 aliphatic carbocycles. The van der Waals surface area contributed by atoms with E-state index in [1.54, 1.807) is 6.20 Å². The molecule has 3 rings (SSSR count). The summed E-state index contributed by atoms with van der Waals surface area (Å²) < 4.78 is 8.36. The van der Waals surface area contributed by atoms with Gasteiger partial charge in [0.25, 0.3) is 0 Å². The summed E-state index contributed by atoms with van der Waals surface area (Å²) in [5.74, 6) is 0.859. The van der Waals surface area contributed by atoms with Crippen LogP contribution in [-0.2, 0) is 6.54 Å². The predicted octanol–water partition coefficient (Wildman–Crippen LogP) is 3.44. The summed E-state index contributed by atoms with van der Waals surface area (Å²) in [6.45, 7) is 0.708. The van der Waals surface area contributed by atoms with Crippen molar-refractivity contribution in [2.75, 3.05) is 0 Å². The van der Waals surface area contributed by atoms with Crippen LogP contribution in [0.25, 0.3) is 10.9 Å². The highest BCUT2D eigenvalue weighted by Gasteiger charge is 2.05. The molecule has 0 radical (unpaired) electrons. The Morgan fingerprint density at radius 2 is 2.19 bits per heavy atom. The summed E-state index contributed by atoms with van der Waals surface area (Å²) in [6.07, 6.45) is 3.72. The molecule has 0 aliphatic heterocycles. The fraction of sp³-hybridized carbons (Fsp3) is 0.0833. The lowest BCUT2D eigenvalue weighted by atomic mass is 10.2. The molecule has 4 heteroatoms. The molecule has 80 valence electrons. The molecule has 0 atom stereocenters. The summed E-state index contributed by atoms with van der Waals surface area (Å²) in [5, 5.41) is 4.91. The maximum absolute atomic E-state index is 5.10. The summed E-state index contributed by atoms with van der Waals surface area (Å²) >= 11 is 3.54. The van der Waals surface area contributed by atoms with E-state index < -0.39 is 0 Å². The first-order chi connectivity index (χ1) is 7.84. The second-order valence-electron chi connectivity index (χ2n) is 3.60. The number of benzene rings is 1. The molecule has 3 aromatic rings. The number of fused-ring (bicyclic) bond motifs is 1. The van der Waals surface area contributed by atoms with Gasteiger partial charge in [0.05, 0.1) is 12.7 Å². The van der Waals surface area contributed by atoms with Crippen LogP contribution in [0.3, 0.4) is 0 Å². The van der Waals surface area contributed by atoms with E-state index in [0.29, 0.717) is 6.54 Å². The lowest BCUT2D eigenvalue weighted by molar-refractivity contribution is 0.378.